The van der Waals surface area contributed by atoms with Gasteiger partial charge in [-0.3, -0.25) is 4.79 Å². The first kappa shape index (κ1) is 13.8. The minimum atomic E-state index is 0.0657. The Bertz CT molecular complexity index is 564. The van der Waals surface area contributed by atoms with Gasteiger partial charge in [-0.25, -0.2) is 0 Å². The van der Waals surface area contributed by atoms with E-state index in [2.05, 4.69) is 15.9 Å². The van der Waals surface area contributed by atoms with E-state index in [9.17, 15) is 4.79 Å². The van der Waals surface area contributed by atoms with Gasteiger partial charge < -0.3 is 4.74 Å². The summed E-state index contributed by atoms with van der Waals surface area (Å²) in [5, 5.41) is 0. The van der Waals surface area contributed by atoms with Gasteiger partial charge in [-0.1, -0.05) is 46.3 Å². The second kappa shape index (κ2) is 6.53. The summed E-state index contributed by atoms with van der Waals surface area (Å²) < 4.78 is 6.39. The highest BCUT2D eigenvalue weighted by atomic mass is 79.9. The number of hydrogen-bond donors (Lipinski definition) is 0. The molecule has 0 saturated heterocycles. The molecule has 0 aliphatic rings. The molecule has 0 aliphatic carbocycles. The highest BCUT2D eigenvalue weighted by Gasteiger charge is 2.13. The smallest absolute Gasteiger partial charge is 0.170 e. The van der Waals surface area contributed by atoms with Crippen molar-refractivity contribution in [3.63, 3.8) is 0 Å². The standard InChI is InChI=1S/C16H15BrO2/c1-2-19-16-9-8-13(17)11-14(16)15(18)10-12-6-4-3-5-7-12/h3-9,11H,2,10H2,1H3. The molecule has 0 aliphatic heterocycles. The van der Waals surface area contributed by atoms with E-state index in [1.807, 2.05) is 55.5 Å². The first-order chi connectivity index (χ1) is 9.20. The van der Waals surface area contributed by atoms with Crippen molar-refractivity contribution in [3.8, 4) is 5.75 Å². The van der Waals surface area contributed by atoms with E-state index < -0.39 is 0 Å². The predicted molar refractivity (Wildman–Crippen MR) is 79.8 cm³/mol. The van der Waals surface area contributed by atoms with Gasteiger partial charge >= 0.3 is 0 Å². The van der Waals surface area contributed by atoms with Crippen LogP contribution in [-0.4, -0.2) is 12.4 Å². The number of carbonyl (C=O) groups excluding carboxylic acids is 1. The third-order valence-electron chi connectivity index (χ3n) is 2.75. The maximum atomic E-state index is 12.4. The lowest BCUT2D eigenvalue weighted by molar-refractivity contribution is 0.0989. The van der Waals surface area contributed by atoms with Crippen molar-refractivity contribution in [1.29, 1.82) is 0 Å². The Morgan fingerprint density at radius 3 is 2.58 bits per heavy atom. The second-order valence-corrected chi connectivity index (χ2v) is 5.07. The van der Waals surface area contributed by atoms with Crippen LogP contribution in [0.15, 0.2) is 53.0 Å². The molecule has 0 N–H and O–H groups in total. The largest absolute Gasteiger partial charge is 0.493 e. The lowest BCUT2D eigenvalue weighted by Crippen LogP contribution is -2.07. The lowest BCUT2D eigenvalue weighted by atomic mass is 10.0. The van der Waals surface area contributed by atoms with Crippen LogP contribution < -0.4 is 4.74 Å². The SMILES string of the molecule is CCOc1ccc(Br)cc1C(=O)Cc1ccccc1. The van der Waals surface area contributed by atoms with E-state index in [0.717, 1.165) is 10.0 Å². The second-order valence-electron chi connectivity index (χ2n) is 4.16. The molecule has 2 nitrogen and oxygen atoms in total. The van der Waals surface area contributed by atoms with Gasteiger partial charge in [0.15, 0.2) is 5.78 Å². The van der Waals surface area contributed by atoms with Gasteiger partial charge in [0.1, 0.15) is 5.75 Å². The lowest BCUT2D eigenvalue weighted by Gasteiger charge is -2.10. The zero-order valence-electron chi connectivity index (χ0n) is 10.7. The van der Waals surface area contributed by atoms with Crippen molar-refractivity contribution in [2.45, 2.75) is 13.3 Å². The monoisotopic (exact) mass is 318 g/mol. The zero-order valence-corrected chi connectivity index (χ0v) is 12.3. The third-order valence-corrected chi connectivity index (χ3v) is 3.24. The van der Waals surface area contributed by atoms with Gasteiger partial charge in [0.25, 0.3) is 0 Å². The first-order valence-electron chi connectivity index (χ1n) is 6.20. The van der Waals surface area contributed by atoms with Crippen LogP contribution in [-0.2, 0) is 6.42 Å². The van der Waals surface area contributed by atoms with E-state index in [-0.39, 0.29) is 5.78 Å². The summed E-state index contributed by atoms with van der Waals surface area (Å²) in [6.07, 6.45) is 0.386. The molecule has 0 atom stereocenters. The molecule has 0 saturated carbocycles. The van der Waals surface area contributed by atoms with Crippen LogP contribution in [0, 0.1) is 0 Å². The van der Waals surface area contributed by atoms with Crippen molar-refractivity contribution >= 4 is 21.7 Å². The van der Waals surface area contributed by atoms with E-state index in [0.29, 0.717) is 24.3 Å². The summed E-state index contributed by atoms with van der Waals surface area (Å²) in [5.74, 6) is 0.711. The topological polar surface area (TPSA) is 26.3 Å². The van der Waals surface area contributed by atoms with E-state index >= 15 is 0 Å². The number of rotatable bonds is 5. The number of hydrogen-bond acceptors (Lipinski definition) is 2. The molecule has 0 unspecified atom stereocenters. The molecule has 0 fully saturated rings. The van der Waals surface area contributed by atoms with Gasteiger partial charge in [0.2, 0.25) is 0 Å². The Kier molecular flexibility index (Phi) is 4.74. The van der Waals surface area contributed by atoms with Gasteiger partial charge in [-0.05, 0) is 30.7 Å². The zero-order chi connectivity index (χ0) is 13.7. The first-order valence-corrected chi connectivity index (χ1v) is 6.99. The molecule has 2 aromatic rings. The number of halogens is 1. The van der Waals surface area contributed by atoms with E-state index in [1.54, 1.807) is 0 Å². The van der Waals surface area contributed by atoms with Crippen LogP contribution in [0.25, 0.3) is 0 Å². The summed E-state index contributed by atoms with van der Waals surface area (Å²) >= 11 is 3.39. The number of benzene rings is 2. The number of Topliss-reactive ketones (excluding diaryl/α,β-unsaturated/α-hetero) is 1. The fourth-order valence-corrected chi connectivity index (χ4v) is 2.24. The van der Waals surface area contributed by atoms with Crippen LogP contribution in [0.2, 0.25) is 0 Å². The third kappa shape index (κ3) is 3.67. The van der Waals surface area contributed by atoms with E-state index in [4.69, 9.17) is 4.74 Å². The molecule has 2 aromatic carbocycles. The molecule has 0 bridgehead atoms. The van der Waals surface area contributed by atoms with Crippen LogP contribution in [0.3, 0.4) is 0 Å². The normalized spacial score (nSPS) is 10.2. The summed E-state index contributed by atoms with van der Waals surface area (Å²) in [5.41, 5.74) is 1.63. The predicted octanol–water partition coefficient (Wildman–Crippen LogP) is 4.27. The molecule has 0 spiro atoms. The van der Waals surface area contributed by atoms with Crippen molar-refractivity contribution < 1.29 is 9.53 Å². The number of ether oxygens (including phenoxy) is 1. The van der Waals surface area contributed by atoms with Gasteiger partial charge in [-0.2, -0.15) is 0 Å². The molecule has 19 heavy (non-hydrogen) atoms. The Hall–Kier alpha value is -1.61. The van der Waals surface area contributed by atoms with Gasteiger partial charge in [0, 0.05) is 10.9 Å². The average Bonchev–Trinajstić information content (AvgIpc) is 2.42. The molecule has 0 heterocycles. The molecule has 0 aromatic heterocycles. The Morgan fingerprint density at radius 1 is 1.16 bits per heavy atom. The van der Waals surface area contributed by atoms with Crippen LogP contribution in [0.4, 0.5) is 0 Å². The molecular formula is C16H15BrO2. The highest BCUT2D eigenvalue weighted by Crippen LogP contribution is 2.24. The van der Waals surface area contributed by atoms with Crippen molar-refractivity contribution in [1.82, 2.24) is 0 Å². The molecule has 0 amide bonds. The minimum absolute atomic E-state index is 0.0657. The molecule has 2 rings (SSSR count). The molecule has 3 heteroatoms. The molecule has 98 valence electrons. The quantitative estimate of drug-likeness (QED) is 0.769. The summed E-state index contributed by atoms with van der Waals surface area (Å²) in [4.78, 5) is 12.4. The maximum Gasteiger partial charge on any atom is 0.170 e. The summed E-state index contributed by atoms with van der Waals surface area (Å²) in [6.45, 7) is 2.46. The summed E-state index contributed by atoms with van der Waals surface area (Å²) in [6, 6.07) is 15.2. The Labute approximate surface area is 121 Å². The van der Waals surface area contributed by atoms with Crippen molar-refractivity contribution in [2.75, 3.05) is 6.61 Å². The van der Waals surface area contributed by atoms with E-state index in [1.165, 1.54) is 0 Å². The minimum Gasteiger partial charge on any atom is -0.493 e. The Morgan fingerprint density at radius 2 is 1.89 bits per heavy atom. The average molecular weight is 319 g/mol. The number of ketones is 1. The van der Waals surface area contributed by atoms with Crippen LogP contribution >= 0.6 is 15.9 Å². The fraction of sp³-hybridized carbons (Fsp3) is 0.188. The fourth-order valence-electron chi connectivity index (χ4n) is 1.88. The Balaban J connectivity index is 2.25. The molecular weight excluding hydrogens is 304 g/mol. The van der Waals surface area contributed by atoms with Crippen LogP contribution in [0.5, 0.6) is 5.75 Å². The maximum absolute atomic E-state index is 12.4. The van der Waals surface area contributed by atoms with Crippen molar-refractivity contribution in [2.24, 2.45) is 0 Å². The highest BCUT2D eigenvalue weighted by molar-refractivity contribution is 9.10. The van der Waals surface area contributed by atoms with Gasteiger partial charge in [0.05, 0.1) is 12.2 Å². The van der Waals surface area contributed by atoms with Crippen LogP contribution in [0.1, 0.15) is 22.8 Å². The van der Waals surface area contributed by atoms with Crippen molar-refractivity contribution in [3.05, 3.63) is 64.1 Å². The van der Waals surface area contributed by atoms with Gasteiger partial charge in [-0.15, -0.1) is 0 Å². The molecule has 0 radical (unpaired) electrons. The number of carbonyl (C=O) groups is 1. The summed E-state index contributed by atoms with van der Waals surface area (Å²) in [7, 11) is 0.